The second-order valence-corrected chi connectivity index (χ2v) is 5.11. The van der Waals surface area contributed by atoms with E-state index in [2.05, 4.69) is 22.0 Å². The third-order valence-corrected chi connectivity index (χ3v) is 3.82. The Morgan fingerprint density at radius 2 is 2.38 bits per heavy atom. The van der Waals surface area contributed by atoms with Crippen LogP contribution in [-0.4, -0.2) is 12.0 Å². The first-order chi connectivity index (χ1) is 6.31. The first kappa shape index (κ1) is 9.28. The van der Waals surface area contributed by atoms with Crippen LogP contribution in [0.2, 0.25) is 0 Å². The largest absolute Gasteiger partial charge is 0.303 e. The zero-order valence-corrected chi connectivity index (χ0v) is 9.40. The van der Waals surface area contributed by atoms with Crippen LogP contribution in [0.3, 0.4) is 0 Å². The molecular formula is C10H9BrOS. The van der Waals surface area contributed by atoms with E-state index in [0.717, 1.165) is 22.9 Å². The number of carbonyl (C=O) groups is 1. The number of thioether (sulfide) groups is 1. The van der Waals surface area contributed by atoms with Crippen molar-refractivity contribution in [3.8, 4) is 0 Å². The van der Waals surface area contributed by atoms with Gasteiger partial charge in [-0.05, 0) is 29.9 Å². The van der Waals surface area contributed by atoms with E-state index in [4.69, 9.17) is 0 Å². The van der Waals surface area contributed by atoms with Gasteiger partial charge < -0.3 is 4.79 Å². The molecule has 1 aliphatic rings. The predicted octanol–water partition coefficient (Wildman–Crippen LogP) is 3.23. The summed E-state index contributed by atoms with van der Waals surface area (Å²) in [6.07, 6.45) is 2.04. The number of halogens is 1. The Labute approximate surface area is 90.0 Å². The molecule has 1 atom stereocenters. The van der Waals surface area contributed by atoms with E-state index in [9.17, 15) is 4.79 Å². The third kappa shape index (κ3) is 1.81. The molecule has 0 aliphatic carbocycles. The van der Waals surface area contributed by atoms with Gasteiger partial charge in [0.2, 0.25) is 0 Å². The van der Waals surface area contributed by atoms with Crippen molar-refractivity contribution in [1.29, 1.82) is 0 Å². The summed E-state index contributed by atoms with van der Waals surface area (Å²) in [5, 5.41) is 0. The molecule has 0 bridgehead atoms. The summed E-state index contributed by atoms with van der Waals surface area (Å²) in [7, 11) is 0. The molecule has 1 aromatic carbocycles. The van der Waals surface area contributed by atoms with Gasteiger partial charge in [-0.25, -0.2) is 0 Å². The number of rotatable bonds is 1. The van der Waals surface area contributed by atoms with Crippen LogP contribution in [0.4, 0.5) is 0 Å². The molecule has 1 aromatic rings. The highest BCUT2D eigenvalue weighted by molar-refractivity contribution is 9.10. The highest BCUT2D eigenvalue weighted by Gasteiger charge is 2.19. The molecule has 0 saturated heterocycles. The van der Waals surface area contributed by atoms with Gasteiger partial charge in [-0.2, -0.15) is 0 Å². The van der Waals surface area contributed by atoms with Crippen molar-refractivity contribution in [3.63, 3.8) is 0 Å². The smallest absolute Gasteiger partial charge is 0.127 e. The van der Waals surface area contributed by atoms with Gasteiger partial charge in [0, 0.05) is 15.3 Å². The van der Waals surface area contributed by atoms with Gasteiger partial charge in [-0.15, -0.1) is 11.8 Å². The van der Waals surface area contributed by atoms with Crippen molar-refractivity contribution in [3.05, 3.63) is 28.2 Å². The average molecular weight is 257 g/mol. The fourth-order valence-corrected chi connectivity index (χ4v) is 3.23. The predicted molar refractivity (Wildman–Crippen MR) is 58.3 cm³/mol. The molecule has 0 spiro atoms. The minimum atomic E-state index is 0.115. The van der Waals surface area contributed by atoms with Crippen LogP contribution in [0, 0.1) is 0 Å². The van der Waals surface area contributed by atoms with Gasteiger partial charge in [0.25, 0.3) is 0 Å². The van der Waals surface area contributed by atoms with E-state index in [-0.39, 0.29) is 5.92 Å². The summed E-state index contributed by atoms with van der Waals surface area (Å²) < 4.78 is 1.09. The molecular weight excluding hydrogens is 248 g/mol. The molecule has 0 fully saturated rings. The molecule has 0 N–H and O–H groups in total. The van der Waals surface area contributed by atoms with Gasteiger partial charge in [-0.3, -0.25) is 0 Å². The standard InChI is InChI=1S/C10H9BrOS/c11-8-1-2-9-7(6-12)3-4-13-10(9)5-8/h1-2,5-7H,3-4H2. The third-order valence-electron chi connectivity index (χ3n) is 2.23. The van der Waals surface area contributed by atoms with Crippen molar-refractivity contribution in [2.75, 3.05) is 5.75 Å². The van der Waals surface area contributed by atoms with E-state index in [1.54, 1.807) is 0 Å². The van der Waals surface area contributed by atoms with Gasteiger partial charge in [0.1, 0.15) is 6.29 Å². The van der Waals surface area contributed by atoms with E-state index >= 15 is 0 Å². The van der Waals surface area contributed by atoms with Crippen LogP contribution in [0.15, 0.2) is 27.6 Å². The van der Waals surface area contributed by atoms with Crippen molar-refractivity contribution < 1.29 is 4.79 Å². The Kier molecular flexibility index (Phi) is 2.74. The van der Waals surface area contributed by atoms with Gasteiger partial charge in [0.05, 0.1) is 0 Å². The first-order valence-electron chi connectivity index (χ1n) is 4.19. The number of aldehydes is 1. The first-order valence-corrected chi connectivity index (χ1v) is 5.96. The van der Waals surface area contributed by atoms with Crippen LogP contribution in [0.5, 0.6) is 0 Å². The molecule has 1 nitrogen and oxygen atoms in total. The lowest BCUT2D eigenvalue weighted by Crippen LogP contribution is -2.08. The molecule has 68 valence electrons. The minimum Gasteiger partial charge on any atom is -0.303 e. The molecule has 2 rings (SSSR count). The monoisotopic (exact) mass is 256 g/mol. The Hall–Kier alpha value is -0.280. The van der Waals surface area contributed by atoms with Crippen LogP contribution < -0.4 is 0 Å². The molecule has 3 heteroatoms. The van der Waals surface area contributed by atoms with Gasteiger partial charge >= 0.3 is 0 Å². The lowest BCUT2D eigenvalue weighted by Gasteiger charge is -2.20. The summed E-state index contributed by atoms with van der Waals surface area (Å²) in [5.41, 5.74) is 1.19. The summed E-state index contributed by atoms with van der Waals surface area (Å²) >= 11 is 5.26. The lowest BCUT2D eigenvalue weighted by atomic mass is 9.98. The van der Waals surface area contributed by atoms with Crippen LogP contribution >= 0.6 is 27.7 Å². The summed E-state index contributed by atoms with van der Waals surface area (Å²) in [6.45, 7) is 0. The average Bonchev–Trinajstić information content (AvgIpc) is 2.16. The number of hydrogen-bond donors (Lipinski definition) is 0. The summed E-state index contributed by atoms with van der Waals surface area (Å²) in [5.74, 6) is 1.16. The minimum absolute atomic E-state index is 0.115. The zero-order valence-electron chi connectivity index (χ0n) is 7.00. The van der Waals surface area contributed by atoms with Crippen LogP contribution in [-0.2, 0) is 4.79 Å². The molecule has 1 heterocycles. The number of benzene rings is 1. The lowest BCUT2D eigenvalue weighted by molar-refractivity contribution is -0.109. The molecule has 0 aromatic heterocycles. The number of hydrogen-bond acceptors (Lipinski definition) is 2. The highest BCUT2D eigenvalue weighted by atomic mass is 79.9. The van der Waals surface area contributed by atoms with Gasteiger partial charge in [0.15, 0.2) is 0 Å². The second-order valence-electron chi connectivity index (χ2n) is 3.06. The van der Waals surface area contributed by atoms with Crippen molar-refractivity contribution in [2.45, 2.75) is 17.2 Å². The van der Waals surface area contributed by atoms with Crippen LogP contribution in [0.1, 0.15) is 17.9 Å². The van der Waals surface area contributed by atoms with Crippen molar-refractivity contribution in [2.24, 2.45) is 0 Å². The van der Waals surface area contributed by atoms with E-state index in [0.29, 0.717) is 0 Å². The van der Waals surface area contributed by atoms with Crippen LogP contribution in [0.25, 0.3) is 0 Å². The molecule has 1 unspecified atom stereocenters. The SMILES string of the molecule is O=CC1CCSc2cc(Br)ccc21. The topological polar surface area (TPSA) is 17.1 Å². The maximum absolute atomic E-state index is 10.8. The Morgan fingerprint density at radius 3 is 3.15 bits per heavy atom. The molecule has 13 heavy (non-hydrogen) atoms. The fourth-order valence-electron chi connectivity index (χ4n) is 1.53. The molecule has 1 aliphatic heterocycles. The molecule has 0 radical (unpaired) electrons. The summed E-state index contributed by atoms with van der Waals surface area (Å²) in [6, 6.07) is 6.14. The Balaban J connectivity index is 2.45. The van der Waals surface area contributed by atoms with Crippen molar-refractivity contribution >= 4 is 34.0 Å². The van der Waals surface area contributed by atoms with E-state index < -0.39 is 0 Å². The second kappa shape index (κ2) is 3.84. The Morgan fingerprint density at radius 1 is 1.54 bits per heavy atom. The highest BCUT2D eigenvalue weighted by Crippen LogP contribution is 2.37. The van der Waals surface area contributed by atoms with Gasteiger partial charge in [-0.1, -0.05) is 22.0 Å². The molecule has 0 saturated carbocycles. The Bertz CT molecular complexity index is 338. The number of fused-ring (bicyclic) bond motifs is 1. The molecule has 0 amide bonds. The van der Waals surface area contributed by atoms with Crippen molar-refractivity contribution in [1.82, 2.24) is 0 Å². The van der Waals surface area contributed by atoms with E-state index in [1.807, 2.05) is 23.9 Å². The zero-order chi connectivity index (χ0) is 9.26. The maximum Gasteiger partial charge on any atom is 0.127 e. The number of carbonyl (C=O) groups excluding carboxylic acids is 1. The maximum atomic E-state index is 10.8. The fraction of sp³-hybridized carbons (Fsp3) is 0.300. The van der Waals surface area contributed by atoms with E-state index in [1.165, 1.54) is 10.5 Å². The quantitative estimate of drug-likeness (QED) is 0.718. The summed E-state index contributed by atoms with van der Waals surface area (Å²) in [4.78, 5) is 12.0. The normalized spacial score (nSPS) is 20.8.